The second-order valence-corrected chi connectivity index (χ2v) is 6.23. The van der Waals surface area contributed by atoms with Gasteiger partial charge in [-0.25, -0.2) is 0 Å². The van der Waals surface area contributed by atoms with E-state index in [2.05, 4.69) is 20.3 Å². The van der Waals surface area contributed by atoms with Crippen LogP contribution in [0.5, 0.6) is 5.88 Å². The Kier molecular flexibility index (Phi) is 5.46. The van der Waals surface area contributed by atoms with Gasteiger partial charge in [-0.2, -0.15) is 4.98 Å². The van der Waals surface area contributed by atoms with Crippen LogP contribution in [0.15, 0.2) is 61.1 Å². The van der Waals surface area contributed by atoms with Crippen molar-refractivity contribution in [3.05, 3.63) is 77.3 Å². The molecule has 0 amide bonds. The predicted octanol–water partition coefficient (Wildman–Crippen LogP) is 4.51. The largest absolute Gasteiger partial charge is 0.474 e. The van der Waals surface area contributed by atoms with Gasteiger partial charge in [-0.1, -0.05) is 29.8 Å². The molecule has 0 bridgehead atoms. The topological polar surface area (TPSA) is 59.9 Å². The number of nitrogens with one attached hydrogen (secondary N) is 1. The number of hydrogen-bond donors (Lipinski definition) is 1. The summed E-state index contributed by atoms with van der Waals surface area (Å²) in [4.78, 5) is 13.1. The Balaban J connectivity index is 1.93. The van der Waals surface area contributed by atoms with Crippen LogP contribution >= 0.6 is 11.6 Å². The third kappa shape index (κ3) is 4.67. The molecule has 2 aromatic heterocycles. The summed E-state index contributed by atoms with van der Waals surface area (Å²) in [5.41, 5.74) is 1.85. The van der Waals surface area contributed by atoms with Gasteiger partial charge in [-0.3, -0.25) is 9.97 Å². The molecule has 0 fully saturated rings. The Morgan fingerprint density at radius 1 is 1.08 bits per heavy atom. The first-order chi connectivity index (χ1) is 12.1. The van der Waals surface area contributed by atoms with Crippen molar-refractivity contribution in [2.24, 2.45) is 0 Å². The van der Waals surface area contributed by atoms with E-state index in [9.17, 15) is 0 Å². The minimum Gasteiger partial charge on any atom is -0.474 e. The van der Waals surface area contributed by atoms with Gasteiger partial charge >= 0.3 is 0 Å². The Morgan fingerprint density at radius 3 is 2.68 bits per heavy atom. The number of benzene rings is 1. The third-order valence-corrected chi connectivity index (χ3v) is 3.66. The van der Waals surface area contributed by atoms with Crippen molar-refractivity contribution in [1.82, 2.24) is 15.0 Å². The van der Waals surface area contributed by atoms with Crippen LogP contribution in [0, 0.1) is 0 Å². The van der Waals surface area contributed by atoms with Crippen LogP contribution in [0.25, 0.3) is 0 Å². The molecule has 1 unspecified atom stereocenters. The quantitative estimate of drug-likeness (QED) is 0.705. The van der Waals surface area contributed by atoms with E-state index < -0.39 is 0 Å². The Hall–Kier alpha value is -2.66. The number of rotatable bonds is 6. The summed E-state index contributed by atoms with van der Waals surface area (Å²) in [6, 6.07) is 13.3. The number of hydrogen-bond acceptors (Lipinski definition) is 5. The lowest BCUT2D eigenvalue weighted by Gasteiger charge is -2.20. The van der Waals surface area contributed by atoms with Crippen molar-refractivity contribution >= 4 is 17.4 Å². The Morgan fingerprint density at radius 2 is 1.96 bits per heavy atom. The molecule has 128 valence electrons. The number of aromatic nitrogens is 3. The molecule has 0 aliphatic carbocycles. The van der Waals surface area contributed by atoms with E-state index in [0.29, 0.717) is 16.7 Å². The normalized spacial score (nSPS) is 12.0. The maximum Gasteiger partial charge on any atom is 0.234 e. The molecule has 1 atom stereocenters. The lowest BCUT2D eigenvalue weighted by atomic mass is 10.0. The number of ether oxygens (including phenoxy) is 1. The van der Waals surface area contributed by atoms with Gasteiger partial charge in [0, 0.05) is 11.2 Å². The standard InChI is InChI=1S/C19H19ClN4O/c1-13(2)25-18-12-21-11-17(23-18)24-19(16-8-3-4-9-22-16)14-6-5-7-15(20)10-14/h3-13,19H,1-2H3,(H,23,24). The molecule has 1 aromatic carbocycles. The van der Waals surface area contributed by atoms with Gasteiger partial charge in [0.25, 0.3) is 0 Å². The molecule has 1 N–H and O–H groups in total. The van der Waals surface area contributed by atoms with Crippen molar-refractivity contribution < 1.29 is 4.74 Å². The van der Waals surface area contributed by atoms with Gasteiger partial charge in [0.1, 0.15) is 5.82 Å². The van der Waals surface area contributed by atoms with Crippen LogP contribution in [0.4, 0.5) is 5.82 Å². The summed E-state index contributed by atoms with van der Waals surface area (Å²) in [5.74, 6) is 1.08. The Labute approximate surface area is 152 Å². The van der Waals surface area contributed by atoms with E-state index in [1.165, 1.54) is 0 Å². The Bertz CT molecular complexity index is 826. The van der Waals surface area contributed by atoms with Crippen molar-refractivity contribution in [3.63, 3.8) is 0 Å². The molecule has 0 aliphatic heterocycles. The van der Waals surface area contributed by atoms with Crippen LogP contribution in [0.2, 0.25) is 5.02 Å². The van der Waals surface area contributed by atoms with Crippen LogP contribution in [0.3, 0.4) is 0 Å². The molecule has 0 saturated carbocycles. The second-order valence-electron chi connectivity index (χ2n) is 5.80. The fraction of sp³-hybridized carbons (Fsp3) is 0.211. The minimum atomic E-state index is -0.205. The monoisotopic (exact) mass is 354 g/mol. The average molecular weight is 355 g/mol. The zero-order chi connectivity index (χ0) is 17.6. The highest BCUT2D eigenvalue weighted by Crippen LogP contribution is 2.27. The van der Waals surface area contributed by atoms with E-state index in [0.717, 1.165) is 11.3 Å². The number of halogens is 1. The molecular weight excluding hydrogens is 336 g/mol. The SMILES string of the molecule is CC(C)Oc1cncc(NC(c2cccc(Cl)c2)c2ccccn2)n1. The lowest BCUT2D eigenvalue weighted by molar-refractivity contribution is 0.232. The minimum absolute atomic E-state index is 0.0315. The molecule has 3 rings (SSSR count). The molecule has 0 spiro atoms. The summed E-state index contributed by atoms with van der Waals surface area (Å²) in [7, 11) is 0. The fourth-order valence-corrected chi connectivity index (χ4v) is 2.62. The van der Waals surface area contributed by atoms with Crippen molar-refractivity contribution in [3.8, 4) is 5.88 Å². The number of anilines is 1. The van der Waals surface area contributed by atoms with Crippen LogP contribution in [0.1, 0.15) is 31.1 Å². The van der Waals surface area contributed by atoms with Crippen LogP contribution in [-0.2, 0) is 0 Å². The molecule has 5 nitrogen and oxygen atoms in total. The zero-order valence-corrected chi connectivity index (χ0v) is 14.8. The fourth-order valence-electron chi connectivity index (χ4n) is 2.42. The maximum atomic E-state index is 6.17. The van der Waals surface area contributed by atoms with E-state index in [-0.39, 0.29) is 12.1 Å². The number of pyridine rings is 1. The highest BCUT2D eigenvalue weighted by Gasteiger charge is 2.17. The van der Waals surface area contributed by atoms with Crippen molar-refractivity contribution in [2.45, 2.75) is 26.0 Å². The van der Waals surface area contributed by atoms with E-state index in [4.69, 9.17) is 16.3 Å². The van der Waals surface area contributed by atoms with Gasteiger partial charge in [0.2, 0.25) is 5.88 Å². The summed E-state index contributed by atoms with van der Waals surface area (Å²) in [6.07, 6.45) is 5.05. The molecule has 0 radical (unpaired) electrons. The molecular formula is C19H19ClN4O. The molecule has 2 heterocycles. The van der Waals surface area contributed by atoms with Gasteiger partial charge in [-0.15, -0.1) is 0 Å². The summed E-state index contributed by atoms with van der Waals surface area (Å²) < 4.78 is 5.62. The molecule has 3 aromatic rings. The van der Waals surface area contributed by atoms with Gasteiger partial charge < -0.3 is 10.1 Å². The van der Waals surface area contributed by atoms with Gasteiger partial charge in [0.15, 0.2) is 0 Å². The highest BCUT2D eigenvalue weighted by atomic mass is 35.5. The van der Waals surface area contributed by atoms with Crippen LogP contribution in [-0.4, -0.2) is 21.1 Å². The first-order valence-corrected chi connectivity index (χ1v) is 8.41. The number of nitrogens with zero attached hydrogens (tertiary/aromatic N) is 3. The zero-order valence-electron chi connectivity index (χ0n) is 14.1. The summed E-state index contributed by atoms with van der Waals surface area (Å²) in [6.45, 7) is 3.90. The van der Waals surface area contributed by atoms with Gasteiger partial charge in [-0.05, 0) is 43.7 Å². The summed E-state index contributed by atoms with van der Waals surface area (Å²) >= 11 is 6.17. The molecule has 0 saturated heterocycles. The third-order valence-electron chi connectivity index (χ3n) is 3.43. The highest BCUT2D eigenvalue weighted by molar-refractivity contribution is 6.30. The first kappa shape index (κ1) is 17.2. The smallest absolute Gasteiger partial charge is 0.234 e. The summed E-state index contributed by atoms with van der Waals surface area (Å²) in [5, 5.41) is 4.05. The van der Waals surface area contributed by atoms with Crippen molar-refractivity contribution in [2.75, 3.05) is 5.32 Å². The second kappa shape index (κ2) is 7.94. The average Bonchev–Trinajstić information content (AvgIpc) is 2.60. The van der Waals surface area contributed by atoms with E-state index >= 15 is 0 Å². The van der Waals surface area contributed by atoms with E-state index in [1.807, 2.05) is 56.3 Å². The van der Waals surface area contributed by atoms with Crippen LogP contribution < -0.4 is 10.1 Å². The maximum absolute atomic E-state index is 6.17. The molecule has 0 aliphatic rings. The van der Waals surface area contributed by atoms with Gasteiger partial charge in [0.05, 0.1) is 30.2 Å². The predicted molar refractivity (Wildman–Crippen MR) is 99.0 cm³/mol. The van der Waals surface area contributed by atoms with Crippen molar-refractivity contribution in [1.29, 1.82) is 0 Å². The molecule has 6 heteroatoms. The first-order valence-electron chi connectivity index (χ1n) is 8.03. The molecule has 25 heavy (non-hydrogen) atoms. The van der Waals surface area contributed by atoms with E-state index in [1.54, 1.807) is 18.6 Å². The lowest BCUT2D eigenvalue weighted by Crippen LogP contribution is -2.15.